The fourth-order valence-electron chi connectivity index (χ4n) is 1.92. The van der Waals surface area contributed by atoms with Crippen molar-refractivity contribution in [3.05, 3.63) is 35.5 Å². The van der Waals surface area contributed by atoms with Gasteiger partial charge in [-0.25, -0.2) is 0 Å². The third-order valence-corrected chi connectivity index (χ3v) is 2.78. The number of hydrogen-bond acceptors (Lipinski definition) is 1. The number of para-hydroxylation sites is 1. The molecule has 0 spiro atoms. The Morgan fingerprint density at radius 3 is 2.71 bits per heavy atom. The number of nitrogens with zero attached hydrogens (tertiary/aromatic N) is 1. The Morgan fingerprint density at radius 1 is 1.36 bits per heavy atom. The summed E-state index contributed by atoms with van der Waals surface area (Å²) in [6, 6.07) is 8.19. The quantitative estimate of drug-likeness (QED) is 0.732. The molecule has 0 aliphatic carbocycles. The van der Waals surface area contributed by atoms with Crippen molar-refractivity contribution in [3.63, 3.8) is 0 Å². The van der Waals surface area contributed by atoms with Crippen molar-refractivity contribution in [2.24, 2.45) is 7.05 Å². The topological polar surface area (TPSA) is 25.2 Å². The number of aryl methyl sites for hydroxylation is 2. The molecule has 2 nitrogen and oxygen atoms in total. The Hall–Kier alpha value is -1.28. The molecule has 0 radical (unpaired) electrons. The minimum Gasteiger partial charge on any atom is -0.389 e. The summed E-state index contributed by atoms with van der Waals surface area (Å²) in [7, 11) is 2.03. The molecule has 0 saturated carbocycles. The Kier molecular flexibility index (Phi) is 2.08. The summed E-state index contributed by atoms with van der Waals surface area (Å²) < 4.78 is 2.12. The van der Waals surface area contributed by atoms with Crippen LogP contribution in [0.25, 0.3) is 10.9 Å². The van der Waals surface area contributed by atoms with Gasteiger partial charge in [-0.2, -0.15) is 0 Å². The van der Waals surface area contributed by atoms with Crippen LogP contribution >= 0.6 is 0 Å². The highest BCUT2D eigenvalue weighted by Gasteiger charge is 2.10. The van der Waals surface area contributed by atoms with E-state index in [1.54, 1.807) is 6.92 Å². The van der Waals surface area contributed by atoms with Crippen molar-refractivity contribution in [1.82, 2.24) is 4.57 Å². The molecule has 0 aliphatic rings. The molecule has 0 aliphatic heterocycles. The molecule has 1 atom stereocenters. The maximum atomic E-state index is 9.64. The number of aromatic nitrogens is 1. The first kappa shape index (κ1) is 9.28. The summed E-state index contributed by atoms with van der Waals surface area (Å²) in [5.41, 5.74) is 3.35. The molecule has 14 heavy (non-hydrogen) atoms. The largest absolute Gasteiger partial charge is 0.389 e. The minimum absolute atomic E-state index is 0.410. The predicted octanol–water partition coefficient (Wildman–Crippen LogP) is 2.54. The van der Waals surface area contributed by atoms with Crippen LogP contribution < -0.4 is 0 Å². The van der Waals surface area contributed by atoms with Crippen LogP contribution in [-0.2, 0) is 7.05 Å². The van der Waals surface area contributed by atoms with E-state index >= 15 is 0 Å². The van der Waals surface area contributed by atoms with Crippen LogP contribution in [0.5, 0.6) is 0 Å². The first-order chi connectivity index (χ1) is 6.61. The van der Waals surface area contributed by atoms with Gasteiger partial charge in [0.25, 0.3) is 0 Å². The fourth-order valence-corrected chi connectivity index (χ4v) is 1.92. The standard InChI is InChI=1S/C12H15NO/c1-8-7-10-5-4-6-11(9(2)14)12(10)13(8)3/h4-7,9,14H,1-3H3. The third kappa shape index (κ3) is 1.23. The predicted molar refractivity (Wildman–Crippen MR) is 58.3 cm³/mol. The number of aliphatic hydroxyl groups is 1. The van der Waals surface area contributed by atoms with Gasteiger partial charge in [-0.3, -0.25) is 0 Å². The van der Waals surface area contributed by atoms with Crippen molar-refractivity contribution in [2.45, 2.75) is 20.0 Å². The van der Waals surface area contributed by atoms with Gasteiger partial charge in [0.05, 0.1) is 11.6 Å². The normalized spacial score (nSPS) is 13.4. The second-order valence-electron chi connectivity index (χ2n) is 3.81. The van der Waals surface area contributed by atoms with Crippen LogP contribution in [0.15, 0.2) is 24.3 Å². The fraction of sp³-hybridized carbons (Fsp3) is 0.333. The maximum Gasteiger partial charge on any atom is 0.0782 e. The SMILES string of the molecule is Cc1cc2cccc(C(C)O)c2n1C. The second-order valence-corrected chi connectivity index (χ2v) is 3.81. The number of rotatable bonds is 1. The first-order valence-corrected chi connectivity index (χ1v) is 4.84. The van der Waals surface area contributed by atoms with Crippen LogP contribution in [0.2, 0.25) is 0 Å². The molecular weight excluding hydrogens is 174 g/mol. The van der Waals surface area contributed by atoms with Crippen molar-refractivity contribution in [3.8, 4) is 0 Å². The molecular formula is C12H15NO. The van der Waals surface area contributed by atoms with E-state index in [0.29, 0.717) is 0 Å². The lowest BCUT2D eigenvalue weighted by Crippen LogP contribution is -1.97. The lowest BCUT2D eigenvalue weighted by Gasteiger charge is -2.09. The number of hydrogen-bond donors (Lipinski definition) is 1. The summed E-state index contributed by atoms with van der Waals surface area (Å²) >= 11 is 0. The lowest BCUT2D eigenvalue weighted by molar-refractivity contribution is 0.200. The van der Waals surface area contributed by atoms with Crippen molar-refractivity contribution >= 4 is 10.9 Å². The van der Waals surface area contributed by atoms with Crippen LogP contribution in [0.1, 0.15) is 24.3 Å². The zero-order valence-corrected chi connectivity index (χ0v) is 8.78. The number of fused-ring (bicyclic) bond motifs is 1. The molecule has 1 aromatic carbocycles. The van der Waals surface area contributed by atoms with E-state index in [1.165, 1.54) is 11.1 Å². The van der Waals surface area contributed by atoms with E-state index in [4.69, 9.17) is 0 Å². The zero-order valence-electron chi connectivity index (χ0n) is 8.78. The summed E-state index contributed by atoms with van der Waals surface area (Å²) in [5, 5.41) is 10.8. The molecule has 1 aromatic heterocycles. The van der Waals surface area contributed by atoms with E-state index < -0.39 is 6.10 Å². The highest BCUT2D eigenvalue weighted by molar-refractivity contribution is 5.84. The molecule has 0 bridgehead atoms. The van der Waals surface area contributed by atoms with Crippen LogP contribution in [-0.4, -0.2) is 9.67 Å². The van der Waals surface area contributed by atoms with E-state index in [2.05, 4.69) is 23.6 Å². The first-order valence-electron chi connectivity index (χ1n) is 4.84. The van der Waals surface area contributed by atoms with E-state index in [1.807, 2.05) is 19.2 Å². The molecule has 2 rings (SSSR count). The summed E-state index contributed by atoms with van der Waals surface area (Å²) in [6.45, 7) is 3.88. The average molecular weight is 189 g/mol. The lowest BCUT2D eigenvalue weighted by atomic mass is 10.1. The molecule has 74 valence electrons. The molecule has 1 heterocycles. The Morgan fingerprint density at radius 2 is 2.07 bits per heavy atom. The van der Waals surface area contributed by atoms with E-state index in [-0.39, 0.29) is 0 Å². The Bertz CT molecular complexity index is 468. The summed E-state index contributed by atoms with van der Waals surface area (Å²) in [4.78, 5) is 0. The van der Waals surface area contributed by atoms with Crippen molar-refractivity contribution in [1.29, 1.82) is 0 Å². The van der Waals surface area contributed by atoms with Crippen molar-refractivity contribution in [2.75, 3.05) is 0 Å². The molecule has 1 N–H and O–H groups in total. The third-order valence-electron chi connectivity index (χ3n) is 2.78. The van der Waals surface area contributed by atoms with Gasteiger partial charge in [0, 0.05) is 23.7 Å². The number of benzene rings is 1. The van der Waals surface area contributed by atoms with Crippen LogP contribution in [0.3, 0.4) is 0 Å². The molecule has 2 heteroatoms. The van der Waals surface area contributed by atoms with Gasteiger partial charge in [-0.05, 0) is 19.9 Å². The number of aliphatic hydroxyl groups excluding tert-OH is 1. The van der Waals surface area contributed by atoms with Gasteiger partial charge >= 0.3 is 0 Å². The highest BCUT2D eigenvalue weighted by atomic mass is 16.3. The maximum absolute atomic E-state index is 9.64. The summed E-state index contributed by atoms with van der Waals surface area (Å²) in [6.07, 6.45) is -0.410. The monoisotopic (exact) mass is 189 g/mol. The smallest absolute Gasteiger partial charge is 0.0782 e. The van der Waals surface area contributed by atoms with Gasteiger partial charge in [-0.15, -0.1) is 0 Å². The summed E-state index contributed by atoms with van der Waals surface area (Å²) in [5.74, 6) is 0. The average Bonchev–Trinajstić information content (AvgIpc) is 2.43. The van der Waals surface area contributed by atoms with Gasteiger partial charge in [-0.1, -0.05) is 18.2 Å². The molecule has 0 saturated heterocycles. The second kappa shape index (κ2) is 3.14. The van der Waals surface area contributed by atoms with Crippen molar-refractivity contribution < 1.29 is 5.11 Å². The molecule has 0 fully saturated rings. The Labute approximate surface area is 83.8 Å². The molecule has 0 amide bonds. The zero-order chi connectivity index (χ0) is 10.3. The van der Waals surface area contributed by atoms with Gasteiger partial charge in [0.2, 0.25) is 0 Å². The van der Waals surface area contributed by atoms with Gasteiger partial charge < -0.3 is 9.67 Å². The minimum atomic E-state index is -0.410. The van der Waals surface area contributed by atoms with E-state index in [0.717, 1.165) is 11.1 Å². The van der Waals surface area contributed by atoms with E-state index in [9.17, 15) is 5.11 Å². The van der Waals surface area contributed by atoms with Crippen LogP contribution in [0, 0.1) is 6.92 Å². The molecule has 2 aromatic rings. The van der Waals surface area contributed by atoms with Gasteiger partial charge in [0.15, 0.2) is 0 Å². The Balaban J connectivity index is 2.84. The van der Waals surface area contributed by atoms with Crippen LogP contribution in [0.4, 0.5) is 0 Å². The molecule has 1 unspecified atom stereocenters. The highest BCUT2D eigenvalue weighted by Crippen LogP contribution is 2.26. The van der Waals surface area contributed by atoms with Gasteiger partial charge in [0.1, 0.15) is 0 Å².